The van der Waals surface area contributed by atoms with Crippen LogP contribution in [0.4, 0.5) is 16.2 Å². The predicted molar refractivity (Wildman–Crippen MR) is 81.5 cm³/mol. The van der Waals surface area contributed by atoms with Crippen molar-refractivity contribution in [2.75, 3.05) is 37.0 Å². The van der Waals surface area contributed by atoms with E-state index in [4.69, 9.17) is 4.74 Å². The lowest BCUT2D eigenvalue weighted by atomic mass is 10.2. The van der Waals surface area contributed by atoms with Crippen molar-refractivity contribution in [3.05, 3.63) is 24.3 Å². The first-order valence-corrected chi connectivity index (χ1v) is 7.15. The lowest BCUT2D eigenvalue weighted by Gasteiger charge is -2.20. The van der Waals surface area contributed by atoms with Gasteiger partial charge in [-0.25, -0.2) is 4.79 Å². The Kier molecular flexibility index (Phi) is 5.57. The molecule has 1 aromatic carbocycles. The van der Waals surface area contributed by atoms with Gasteiger partial charge in [-0.2, -0.15) is 0 Å². The molecule has 0 aliphatic carbocycles. The van der Waals surface area contributed by atoms with Gasteiger partial charge < -0.3 is 20.3 Å². The number of urea groups is 1. The number of carbonyl (C=O) groups is 2. The summed E-state index contributed by atoms with van der Waals surface area (Å²) in [5, 5.41) is 5.56. The lowest BCUT2D eigenvalue weighted by Crippen LogP contribution is -2.31. The van der Waals surface area contributed by atoms with E-state index in [9.17, 15) is 9.59 Å². The molecule has 2 N–H and O–H groups in total. The molecule has 3 amide bonds. The smallest absolute Gasteiger partial charge is 0.319 e. The van der Waals surface area contributed by atoms with Crippen molar-refractivity contribution in [3.63, 3.8) is 0 Å². The number of nitrogens with one attached hydrogen (secondary N) is 2. The molecule has 21 heavy (non-hydrogen) atoms. The number of hydrogen-bond donors (Lipinski definition) is 2. The number of rotatable bonds is 6. The van der Waals surface area contributed by atoms with Crippen LogP contribution in [-0.4, -0.2) is 38.7 Å². The Balaban J connectivity index is 1.96. The first-order valence-electron chi connectivity index (χ1n) is 7.15. The SMILES string of the molecule is COCCCNC(=O)Nc1ccccc1N1CCCC1=O. The Morgan fingerprint density at radius 3 is 2.90 bits per heavy atom. The van der Waals surface area contributed by atoms with Gasteiger partial charge in [0.25, 0.3) is 0 Å². The van der Waals surface area contributed by atoms with E-state index in [1.54, 1.807) is 18.1 Å². The summed E-state index contributed by atoms with van der Waals surface area (Å²) in [4.78, 5) is 25.4. The molecule has 0 unspecified atom stereocenters. The van der Waals surface area contributed by atoms with Crippen LogP contribution in [0.3, 0.4) is 0 Å². The van der Waals surface area contributed by atoms with Gasteiger partial charge >= 0.3 is 6.03 Å². The summed E-state index contributed by atoms with van der Waals surface area (Å²) in [5.41, 5.74) is 1.41. The van der Waals surface area contributed by atoms with Crippen molar-refractivity contribution in [2.24, 2.45) is 0 Å². The van der Waals surface area contributed by atoms with Crippen LogP contribution in [0.25, 0.3) is 0 Å². The van der Waals surface area contributed by atoms with E-state index in [0.717, 1.165) is 18.5 Å². The van der Waals surface area contributed by atoms with E-state index in [1.165, 1.54) is 0 Å². The summed E-state index contributed by atoms with van der Waals surface area (Å²) >= 11 is 0. The average Bonchev–Trinajstić information content (AvgIpc) is 2.90. The van der Waals surface area contributed by atoms with Gasteiger partial charge in [0.15, 0.2) is 0 Å². The third-order valence-electron chi connectivity index (χ3n) is 3.33. The third kappa shape index (κ3) is 4.19. The molecule has 0 aromatic heterocycles. The molecule has 1 fully saturated rings. The van der Waals surface area contributed by atoms with Crippen molar-refractivity contribution in [1.29, 1.82) is 0 Å². The number of methoxy groups -OCH3 is 1. The fourth-order valence-corrected chi connectivity index (χ4v) is 2.30. The van der Waals surface area contributed by atoms with Gasteiger partial charge in [-0.05, 0) is 25.0 Å². The molecule has 114 valence electrons. The van der Waals surface area contributed by atoms with Gasteiger partial charge in [0, 0.05) is 33.2 Å². The molecule has 1 saturated heterocycles. The largest absolute Gasteiger partial charge is 0.385 e. The van der Waals surface area contributed by atoms with Crippen LogP contribution in [0.5, 0.6) is 0 Å². The number of benzene rings is 1. The molecular weight excluding hydrogens is 270 g/mol. The highest BCUT2D eigenvalue weighted by atomic mass is 16.5. The van der Waals surface area contributed by atoms with Gasteiger partial charge in [0.2, 0.25) is 5.91 Å². The van der Waals surface area contributed by atoms with Crippen molar-refractivity contribution in [2.45, 2.75) is 19.3 Å². The maximum absolute atomic E-state index is 11.9. The molecule has 0 bridgehead atoms. The second-order valence-corrected chi connectivity index (χ2v) is 4.89. The molecule has 0 saturated carbocycles. The lowest BCUT2D eigenvalue weighted by molar-refractivity contribution is -0.117. The minimum Gasteiger partial charge on any atom is -0.385 e. The van der Waals surface area contributed by atoms with Gasteiger partial charge in [-0.1, -0.05) is 12.1 Å². The Morgan fingerprint density at radius 1 is 1.38 bits per heavy atom. The van der Waals surface area contributed by atoms with E-state index in [0.29, 0.717) is 31.8 Å². The minimum atomic E-state index is -0.273. The normalized spacial score (nSPS) is 14.3. The van der Waals surface area contributed by atoms with Crippen molar-refractivity contribution < 1.29 is 14.3 Å². The third-order valence-corrected chi connectivity index (χ3v) is 3.33. The summed E-state index contributed by atoms with van der Waals surface area (Å²) in [5.74, 6) is 0.102. The first kappa shape index (κ1) is 15.3. The highest BCUT2D eigenvalue weighted by Gasteiger charge is 2.23. The predicted octanol–water partition coefficient (Wildman–Crippen LogP) is 1.97. The van der Waals surface area contributed by atoms with Crippen LogP contribution in [0.2, 0.25) is 0 Å². The van der Waals surface area contributed by atoms with Crippen LogP contribution in [0, 0.1) is 0 Å². The Labute approximate surface area is 124 Å². The Hall–Kier alpha value is -2.08. The maximum Gasteiger partial charge on any atom is 0.319 e. The van der Waals surface area contributed by atoms with Crippen molar-refractivity contribution >= 4 is 23.3 Å². The standard InChI is InChI=1S/C15H21N3O3/c1-21-11-5-9-16-15(20)17-12-6-2-3-7-13(12)18-10-4-8-14(18)19/h2-3,6-7H,4-5,8-11H2,1H3,(H2,16,17,20). The number of amides is 3. The Bertz CT molecular complexity index is 505. The highest BCUT2D eigenvalue weighted by molar-refractivity contribution is 6.01. The highest BCUT2D eigenvalue weighted by Crippen LogP contribution is 2.29. The molecule has 6 nitrogen and oxygen atoms in total. The fraction of sp³-hybridized carbons (Fsp3) is 0.467. The first-order chi connectivity index (χ1) is 10.2. The molecule has 0 radical (unpaired) electrons. The second kappa shape index (κ2) is 7.64. The van der Waals surface area contributed by atoms with Crippen molar-refractivity contribution in [3.8, 4) is 0 Å². The van der Waals surface area contributed by atoms with Gasteiger partial charge in [-0.3, -0.25) is 4.79 Å². The summed E-state index contributed by atoms with van der Waals surface area (Å²) in [6.45, 7) is 1.86. The quantitative estimate of drug-likeness (QED) is 0.787. The molecule has 6 heteroatoms. The van der Waals surface area contributed by atoms with Crippen LogP contribution < -0.4 is 15.5 Å². The molecule has 1 aliphatic heterocycles. The van der Waals surface area contributed by atoms with Gasteiger partial charge in [0.05, 0.1) is 11.4 Å². The maximum atomic E-state index is 11.9. The number of anilines is 2. The monoisotopic (exact) mass is 291 g/mol. The zero-order chi connectivity index (χ0) is 15.1. The van der Waals surface area contributed by atoms with Crippen LogP contribution in [0.15, 0.2) is 24.3 Å². The minimum absolute atomic E-state index is 0.102. The number of para-hydroxylation sites is 2. The van der Waals surface area contributed by atoms with Gasteiger partial charge in [0.1, 0.15) is 0 Å². The van der Waals surface area contributed by atoms with Crippen LogP contribution >= 0.6 is 0 Å². The van der Waals surface area contributed by atoms with E-state index in [-0.39, 0.29) is 11.9 Å². The zero-order valence-electron chi connectivity index (χ0n) is 12.2. The summed E-state index contributed by atoms with van der Waals surface area (Å²) in [7, 11) is 1.63. The second-order valence-electron chi connectivity index (χ2n) is 4.89. The average molecular weight is 291 g/mol. The van der Waals surface area contributed by atoms with Crippen LogP contribution in [-0.2, 0) is 9.53 Å². The van der Waals surface area contributed by atoms with Crippen LogP contribution in [0.1, 0.15) is 19.3 Å². The summed E-state index contributed by atoms with van der Waals surface area (Å²) < 4.78 is 4.92. The van der Waals surface area contributed by atoms with E-state index in [1.807, 2.05) is 18.2 Å². The number of hydrogen-bond acceptors (Lipinski definition) is 3. The fourth-order valence-electron chi connectivity index (χ4n) is 2.30. The number of carbonyl (C=O) groups excluding carboxylic acids is 2. The van der Waals surface area contributed by atoms with Crippen molar-refractivity contribution in [1.82, 2.24) is 5.32 Å². The summed E-state index contributed by atoms with van der Waals surface area (Å²) in [6, 6.07) is 7.08. The molecule has 2 rings (SSSR count). The molecule has 0 spiro atoms. The molecule has 1 aromatic rings. The molecular formula is C15H21N3O3. The summed E-state index contributed by atoms with van der Waals surface area (Å²) in [6.07, 6.45) is 2.18. The topological polar surface area (TPSA) is 70.7 Å². The Morgan fingerprint density at radius 2 is 2.19 bits per heavy atom. The number of nitrogens with zero attached hydrogens (tertiary/aromatic N) is 1. The van der Waals surface area contributed by atoms with E-state index < -0.39 is 0 Å². The van der Waals surface area contributed by atoms with E-state index >= 15 is 0 Å². The van der Waals surface area contributed by atoms with E-state index in [2.05, 4.69) is 10.6 Å². The number of ether oxygens (including phenoxy) is 1. The van der Waals surface area contributed by atoms with Gasteiger partial charge in [-0.15, -0.1) is 0 Å². The zero-order valence-corrected chi connectivity index (χ0v) is 12.2. The molecule has 0 atom stereocenters. The molecule has 1 aliphatic rings. The molecule has 1 heterocycles.